The van der Waals surface area contributed by atoms with Crippen molar-refractivity contribution in [2.24, 2.45) is 5.73 Å². The maximum atomic E-state index is 14.3. The Kier molecular flexibility index (Phi) is 4.65. The van der Waals surface area contributed by atoms with Crippen LogP contribution in [0, 0.1) is 5.82 Å². The van der Waals surface area contributed by atoms with Crippen LogP contribution in [0.4, 0.5) is 4.39 Å². The van der Waals surface area contributed by atoms with Gasteiger partial charge in [0.2, 0.25) is 5.75 Å². The van der Waals surface area contributed by atoms with E-state index < -0.39 is 0 Å². The third kappa shape index (κ3) is 2.78. The van der Waals surface area contributed by atoms with E-state index in [-0.39, 0.29) is 5.82 Å². The SMILES string of the molecule is COc1ccc(-c2ccc(CN)cc2F)c(OC)c1OC. The Balaban J connectivity index is 2.63. The molecule has 0 saturated heterocycles. The first-order chi connectivity index (χ1) is 10.2. The smallest absolute Gasteiger partial charge is 0.203 e. The normalized spacial score (nSPS) is 10.3. The lowest BCUT2D eigenvalue weighted by Gasteiger charge is -2.16. The van der Waals surface area contributed by atoms with Crippen molar-refractivity contribution in [3.05, 3.63) is 41.7 Å². The third-order valence-electron chi connectivity index (χ3n) is 3.26. The van der Waals surface area contributed by atoms with Gasteiger partial charge in [0.05, 0.1) is 21.3 Å². The van der Waals surface area contributed by atoms with Gasteiger partial charge >= 0.3 is 0 Å². The summed E-state index contributed by atoms with van der Waals surface area (Å²) in [5.41, 5.74) is 7.27. The molecule has 0 saturated carbocycles. The number of hydrogen-bond acceptors (Lipinski definition) is 4. The van der Waals surface area contributed by atoms with E-state index in [1.807, 2.05) is 0 Å². The number of halogens is 1. The minimum Gasteiger partial charge on any atom is -0.493 e. The second-order valence-electron chi connectivity index (χ2n) is 4.40. The average Bonchev–Trinajstić information content (AvgIpc) is 2.53. The van der Waals surface area contributed by atoms with E-state index in [9.17, 15) is 4.39 Å². The van der Waals surface area contributed by atoms with Crippen molar-refractivity contribution >= 4 is 0 Å². The minimum atomic E-state index is -0.358. The molecular formula is C16H18FNO3. The van der Waals surface area contributed by atoms with Gasteiger partial charge in [-0.3, -0.25) is 0 Å². The lowest BCUT2D eigenvalue weighted by Crippen LogP contribution is -2.00. The predicted molar refractivity (Wildman–Crippen MR) is 79.4 cm³/mol. The molecule has 0 radical (unpaired) electrons. The highest BCUT2D eigenvalue weighted by Gasteiger charge is 2.19. The first-order valence-corrected chi connectivity index (χ1v) is 6.44. The molecule has 2 N–H and O–H groups in total. The van der Waals surface area contributed by atoms with E-state index in [0.29, 0.717) is 34.9 Å². The molecule has 21 heavy (non-hydrogen) atoms. The molecule has 2 aromatic rings. The first kappa shape index (κ1) is 15.1. The van der Waals surface area contributed by atoms with Crippen LogP contribution in [-0.2, 0) is 6.54 Å². The summed E-state index contributed by atoms with van der Waals surface area (Å²) in [7, 11) is 4.55. The van der Waals surface area contributed by atoms with E-state index >= 15 is 0 Å². The van der Waals surface area contributed by atoms with Crippen molar-refractivity contribution in [2.45, 2.75) is 6.54 Å². The van der Waals surface area contributed by atoms with Crippen molar-refractivity contribution in [3.63, 3.8) is 0 Å². The Labute approximate surface area is 123 Å². The van der Waals surface area contributed by atoms with Gasteiger partial charge in [-0.2, -0.15) is 0 Å². The van der Waals surface area contributed by atoms with E-state index in [2.05, 4.69) is 0 Å². The Hall–Kier alpha value is -2.27. The monoisotopic (exact) mass is 291 g/mol. The molecular weight excluding hydrogens is 273 g/mol. The topological polar surface area (TPSA) is 53.7 Å². The molecule has 0 amide bonds. The predicted octanol–water partition coefficient (Wildman–Crippen LogP) is 2.98. The third-order valence-corrected chi connectivity index (χ3v) is 3.26. The van der Waals surface area contributed by atoms with Gasteiger partial charge in [0.15, 0.2) is 11.5 Å². The van der Waals surface area contributed by atoms with Crippen LogP contribution in [0.5, 0.6) is 17.2 Å². The number of rotatable bonds is 5. The molecule has 0 unspecified atom stereocenters. The second-order valence-corrected chi connectivity index (χ2v) is 4.40. The molecule has 2 rings (SSSR count). The van der Waals surface area contributed by atoms with E-state index in [0.717, 1.165) is 5.56 Å². The molecule has 0 aliphatic rings. The molecule has 0 spiro atoms. The van der Waals surface area contributed by atoms with Crippen LogP contribution in [0.2, 0.25) is 0 Å². The lowest BCUT2D eigenvalue weighted by atomic mass is 10.0. The molecule has 2 aromatic carbocycles. The van der Waals surface area contributed by atoms with E-state index in [4.69, 9.17) is 19.9 Å². The molecule has 0 heterocycles. The summed E-state index contributed by atoms with van der Waals surface area (Å²) in [5.74, 6) is 1.02. The van der Waals surface area contributed by atoms with Gasteiger partial charge in [0.1, 0.15) is 5.82 Å². The summed E-state index contributed by atoms with van der Waals surface area (Å²) in [6, 6.07) is 8.34. The van der Waals surface area contributed by atoms with Gasteiger partial charge in [-0.05, 0) is 23.8 Å². The summed E-state index contributed by atoms with van der Waals surface area (Å²) >= 11 is 0. The van der Waals surface area contributed by atoms with Gasteiger partial charge in [-0.15, -0.1) is 0 Å². The standard InChI is InChI=1S/C16H18FNO3/c1-19-14-7-6-12(15(20-2)16(14)21-3)11-5-4-10(9-18)8-13(11)17/h4-8H,9,18H2,1-3H3. The highest BCUT2D eigenvalue weighted by molar-refractivity contribution is 5.76. The van der Waals surface area contributed by atoms with Crippen LogP contribution in [0.1, 0.15) is 5.56 Å². The molecule has 5 heteroatoms. The van der Waals surface area contributed by atoms with Crippen LogP contribution in [0.3, 0.4) is 0 Å². The van der Waals surface area contributed by atoms with Gasteiger partial charge in [-0.25, -0.2) is 4.39 Å². The summed E-state index contributed by atoms with van der Waals surface area (Å²) in [6.45, 7) is 0.292. The fourth-order valence-electron chi connectivity index (χ4n) is 2.22. The summed E-state index contributed by atoms with van der Waals surface area (Å²) < 4.78 is 30.2. The number of methoxy groups -OCH3 is 3. The fourth-order valence-corrected chi connectivity index (χ4v) is 2.22. The zero-order valence-corrected chi connectivity index (χ0v) is 12.3. The maximum Gasteiger partial charge on any atom is 0.203 e. The van der Waals surface area contributed by atoms with Crippen molar-refractivity contribution < 1.29 is 18.6 Å². The lowest BCUT2D eigenvalue weighted by molar-refractivity contribution is 0.325. The quantitative estimate of drug-likeness (QED) is 0.920. The number of benzene rings is 2. The number of hydrogen-bond donors (Lipinski definition) is 1. The summed E-state index contributed by atoms with van der Waals surface area (Å²) in [5, 5.41) is 0. The van der Waals surface area contributed by atoms with Crippen LogP contribution in [0.15, 0.2) is 30.3 Å². The van der Waals surface area contributed by atoms with Crippen molar-refractivity contribution in [2.75, 3.05) is 21.3 Å². The highest BCUT2D eigenvalue weighted by Crippen LogP contribution is 2.44. The Bertz CT molecular complexity index is 644. The maximum absolute atomic E-state index is 14.3. The van der Waals surface area contributed by atoms with Crippen molar-refractivity contribution in [1.82, 2.24) is 0 Å². The number of ether oxygens (including phenoxy) is 3. The zero-order valence-electron chi connectivity index (χ0n) is 12.3. The Morgan fingerprint density at radius 1 is 0.905 bits per heavy atom. The minimum absolute atomic E-state index is 0.292. The average molecular weight is 291 g/mol. The van der Waals surface area contributed by atoms with E-state index in [1.54, 1.807) is 24.3 Å². The molecule has 0 aliphatic heterocycles. The van der Waals surface area contributed by atoms with Crippen LogP contribution in [-0.4, -0.2) is 21.3 Å². The van der Waals surface area contributed by atoms with Crippen LogP contribution >= 0.6 is 0 Å². The molecule has 0 aliphatic carbocycles. The number of nitrogens with two attached hydrogens (primary N) is 1. The highest BCUT2D eigenvalue weighted by atomic mass is 19.1. The molecule has 4 nitrogen and oxygen atoms in total. The molecule has 0 bridgehead atoms. The fraction of sp³-hybridized carbons (Fsp3) is 0.250. The van der Waals surface area contributed by atoms with Crippen molar-refractivity contribution in [1.29, 1.82) is 0 Å². The van der Waals surface area contributed by atoms with Gasteiger partial charge in [-0.1, -0.05) is 12.1 Å². The van der Waals surface area contributed by atoms with Gasteiger partial charge < -0.3 is 19.9 Å². The second kappa shape index (κ2) is 6.45. The van der Waals surface area contributed by atoms with Crippen molar-refractivity contribution in [3.8, 4) is 28.4 Å². The van der Waals surface area contributed by atoms with Crippen LogP contribution in [0.25, 0.3) is 11.1 Å². The molecule has 0 aromatic heterocycles. The first-order valence-electron chi connectivity index (χ1n) is 6.44. The van der Waals surface area contributed by atoms with Gasteiger partial charge in [0, 0.05) is 17.7 Å². The summed E-state index contributed by atoms with van der Waals surface area (Å²) in [6.07, 6.45) is 0. The van der Waals surface area contributed by atoms with Crippen LogP contribution < -0.4 is 19.9 Å². The Morgan fingerprint density at radius 2 is 1.57 bits per heavy atom. The largest absolute Gasteiger partial charge is 0.493 e. The van der Waals surface area contributed by atoms with Gasteiger partial charge in [0.25, 0.3) is 0 Å². The molecule has 112 valence electrons. The van der Waals surface area contributed by atoms with E-state index in [1.165, 1.54) is 27.4 Å². The summed E-state index contributed by atoms with van der Waals surface area (Å²) in [4.78, 5) is 0. The Morgan fingerprint density at radius 3 is 2.10 bits per heavy atom. The molecule has 0 fully saturated rings. The zero-order chi connectivity index (χ0) is 15.4. The molecule has 0 atom stereocenters.